The lowest BCUT2D eigenvalue weighted by Gasteiger charge is -2.63. The van der Waals surface area contributed by atoms with Crippen molar-refractivity contribution in [3.8, 4) is 0 Å². The molecule has 0 unspecified atom stereocenters. The van der Waals surface area contributed by atoms with Gasteiger partial charge >= 0.3 is 12.2 Å². The zero-order valence-electron chi connectivity index (χ0n) is 20.8. The summed E-state index contributed by atoms with van der Waals surface area (Å²) in [5, 5.41) is 11.8. The third-order valence-electron chi connectivity index (χ3n) is 10.2. The van der Waals surface area contributed by atoms with E-state index in [1.807, 2.05) is 9.80 Å². The number of aromatic nitrogens is 5. The van der Waals surface area contributed by atoms with Crippen molar-refractivity contribution in [2.75, 3.05) is 26.2 Å². The summed E-state index contributed by atoms with van der Waals surface area (Å²) in [7, 11) is 0. The minimum absolute atomic E-state index is 0.163. The number of alkyl halides is 3. The van der Waals surface area contributed by atoms with Crippen LogP contribution in [0.5, 0.6) is 0 Å². The Bertz CT molecular complexity index is 1230. The summed E-state index contributed by atoms with van der Waals surface area (Å²) < 4.78 is 41.8. The predicted octanol–water partition coefficient (Wildman–Crippen LogP) is 4.18. The fraction of sp³-hybridized carbons (Fsp3) is 0.769. The van der Waals surface area contributed by atoms with E-state index < -0.39 is 11.6 Å². The summed E-state index contributed by atoms with van der Waals surface area (Å²) in [6.45, 7) is 3.95. The van der Waals surface area contributed by atoms with Gasteiger partial charge < -0.3 is 9.80 Å². The highest BCUT2D eigenvalue weighted by atomic mass is 19.4. The van der Waals surface area contributed by atoms with Crippen molar-refractivity contribution in [1.82, 2.24) is 34.8 Å². The Kier molecular flexibility index (Phi) is 4.29. The fourth-order valence-electron chi connectivity index (χ4n) is 7.82. The third-order valence-corrected chi connectivity index (χ3v) is 10.2. The summed E-state index contributed by atoms with van der Waals surface area (Å²) >= 11 is 0. The summed E-state index contributed by atoms with van der Waals surface area (Å²) in [6.07, 6.45) is 5.75. The SMILES string of the molecule is O=C(N1CC2(CC(Cn3cc(C4(C(F)(F)F)CC4)cn3)C2)C1)N1CC2(CC(c3n[nH]c(C4CC4)n3)C2)C1. The number of H-pyrrole nitrogens is 1. The van der Waals surface area contributed by atoms with Crippen LogP contribution >= 0.6 is 0 Å². The van der Waals surface area contributed by atoms with Gasteiger partial charge in [-0.2, -0.15) is 23.4 Å². The number of nitrogens with zero attached hydrogens (tertiary/aromatic N) is 6. The molecule has 0 atom stereocenters. The third kappa shape index (κ3) is 3.40. The van der Waals surface area contributed by atoms with E-state index in [1.165, 1.54) is 19.0 Å². The molecule has 0 bridgehead atoms. The molecule has 8 rings (SSSR count). The van der Waals surface area contributed by atoms with Crippen molar-refractivity contribution in [3.05, 3.63) is 29.6 Å². The Morgan fingerprint density at radius 3 is 2.24 bits per heavy atom. The van der Waals surface area contributed by atoms with Crippen LogP contribution in [-0.2, 0) is 12.0 Å². The van der Waals surface area contributed by atoms with Gasteiger partial charge in [0.15, 0.2) is 5.82 Å². The monoisotopic (exact) mass is 515 g/mol. The number of likely N-dealkylation sites (tertiary alicyclic amines) is 2. The number of carbonyl (C=O) groups is 1. The quantitative estimate of drug-likeness (QED) is 0.648. The van der Waals surface area contributed by atoms with Crippen molar-refractivity contribution in [3.63, 3.8) is 0 Å². The number of amides is 2. The van der Waals surface area contributed by atoms with Gasteiger partial charge in [0, 0.05) is 67.1 Å². The van der Waals surface area contributed by atoms with Gasteiger partial charge in [-0.1, -0.05) is 0 Å². The van der Waals surface area contributed by atoms with Crippen LogP contribution < -0.4 is 0 Å². The lowest BCUT2D eigenvalue weighted by atomic mass is 9.57. The van der Waals surface area contributed by atoms with Crippen molar-refractivity contribution < 1.29 is 18.0 Å². The standard InChI is InChI=1S/C26H32F3N7O/c27-26(28,29)25(3-4-25)19-9-30-36(11-19)10-16-5-23(6-16)12-34(13-23)22(37)35-14-24(15-35)7-18(8-24)21-31-20(32-33-21)17-1-2-17/h9,11,16-18H,1-8,10,12-15H2,(H,31,32,33). The minimum atomic E-state index is -4.20. The van der Waals surface area contributed by atoms with Gasteiger partial charge in [-0.15, -0.1) is 0 Å². The molecule has 1 N–H and O–H groups in total. The summed E-state index contributed by atoms with van der Waals surface area (Å²) in [4.78, 5) is 21.6. The van der Waals surface area contributed by atoms with Crippen LogP contribution in [0.1, 0.15) is 80.4 Å². The summed E-state index contributed by atoms with van der Waals surface area (Å²) in [5.41, 5.74) is -0.886. The Morgan fingerprint density at radius 1 is 1.00 bits per heavy atom. The molecule has 2 aromatic rings. The number of urea groups is 1. The van der Waals surface area contributed by atoms with Gasteiger partial charge in [-0.25, -0.2) is 9.78 Å². The van der Waals surface area contributed by atoms with E-state index in [1.54, 1.807) is 10.9 Å². The van der Waals surface area contributed by atoms with Gasteiger partial charge in [0.2, 0.25) is 0 Å². The molecule has 37 heavy (non-hydrogen) atoms. The Labute approximate surface area is 213 Å². The molecule has 2 spiro atoms. The first-order valence-corrected chi connectivity index (χ1v) is 13.7. The molecule has 8 nitrogen and oxygen atoms in total. The average molecular weight is 516 g/mol. The van der Waals surface area contributed by atoms with Crippen LogP contribution in [0.2, 0.25) is 0 Å². The number of hydrogen-bond acceptors (Lipinski definition) is 4. The maximum Gasteiger partial charge on any atom is 0.398 e. The highest BCUT2D eigenvalue weighted by Gasteiger charge is 2.65. The van der Waals surface area contributed by atoms with Crippen LogP contribution in [0.3, 0.4) is 0 Å². The highest BCUT2D eigenvalue weighted by Crippen LogP contribution is 2.59. The molecule has 198 valence electrons. The van der Waals surface area contributed by atoms with Gasteiger partial charge in [0.1, 0.15) is 5.82 Å². The number of nitrogens with one attached hydrogen (secondary N) is 1. The van der Waals surface area contributed by atoms with E-state index >= 15 is 0 Å². The lowest BCUT2D eigenvalue weighted by molar-refractivity contribution is -0.160. The first-order chi connectivity index (χ1) is 17.6. The lowest BCUT2D eigenvalue weighted by Crippen LogP contribution is -2.71. The molecule has 6 aliphatic rings. The molecular formula is C26H32F3N7O. The normalized spacial score (nSPS) is 27.5. The zero-order chi connectivity index (χ0) is 25.2. The van der Waals surface area contributed by atoms with E-state index in [9.17, 15) is 18.0 Å². The molecule has 11 heteroatoms. The van der Waals surface area contributed by atoms with E-state index in [-0.39, 0.29) is 29.7 Å². The molecule has 2 amide bonds. The second-order valence-corrected chi connectivity index (χ2v) is 13.3. The van der Waals surface area contributed by atoms with Crippen LogP contribution in [0.15, 0.2) is 12.4 Å². The molecule has 4 aliphatic carbocycles. The maximum absolute atomic E-state index is 13.4. The van der Waals surface area contributed by atoms with E-state index in [2.05, 4.69) is 15.3 Å². The maximum atomic E-state index is 13.4. The first-order valence-electron chi connectivity index (χ1n) is 13.7. The largest absolute Gasteiger partial charge is 0.398 e. The molecule has 2 aromatic heterocycles. The van der Waals surface area contributed by atoms with Crippen molar-refractivity contribution in [2.24, 2.45) is 16.7 Å². The Hall–Kier alpha value is -2.59. The zero-order valence-corrected chi connectivity index (χ0v) is 20.8. The van der Waals surface area contributed by atoms with Gasteiger partial charge in [-0.3, -0.25) is 9.78 Å². The molecule has 6 fully saturated rings. The number of rotatable bonds is 5. The molecule has 2 aliphatic heterocycles. The topological polar surface area (TPSA) is 82.9 Å². The molecule has 0 radical (unpaired) electrons. The molecule has 4 heterocycles. The molecule has 4 saturated carbocycles. The number of hydrogen-bond donors (Lipinski definition) is 1. The number of halogens is 3. The molecule has 2 saturated heterocycles. The number of carbonyl (C=O) groups excluding carboxylic acids is 1. The van der Waals surface area contributed by atoms with Gasteiger partial charge in [0.05, 0.1) is 11.6 Å². The van der Waals surface area contributed by atoms with Crippen molar-refractivity contribution in [1.29, 1.82) is 0 Å². The van der Waals surface area contributed by atoms with E-state index in [4.69, 9.17) is 4.98 Å². The van der Waals surface area contributed by atoms with Crippen LogP contribution in [-0.4, -0.2) is 73.1 Å². The van der Waals surface area contributed by atoms with E-state index in [0.29, 0.717) is 29.9 Å². The summed E-state index contributed by atoms with van der Waals surface area (Å²) in [6, 6.07) is 0.163. The van der Waals surface area contributed by atoms with Crippen molar-refractivity contribution >= 4 is 6.03 Å². The van der Waals surface area contributed by atoms with E-state index in [0.717, 1.165) is 63.5 Å². The van der Waals surface area contributed by atoms with Gasteiger partial charge in [-0.05, 0) is 57.3 Å². The second-order valence-electron chi connectivity index (χ2n) is 13.3. The molecule has 0 aromatic carbocycles. The van der Waals surface area contributed by atoms with Crippen LogP contribution in [0.4, 0.5) is 18.0 Å². The Morgan fingerprint density at radius 2 is 1.65 bits per heavy atom. The van der Waals surface area contributed by atoms with Crippen LogP contribution in [0.25, 0.3) is 0 Å². The minimum Gasteiger partial charge on any atom is -0.323 e. The van der Waals surface area contributed by atoms with Gasteiger partial charge in [0.25, 0.3) is 0 Å². The highest BCUT2D eigenvalue weighted by molar-refractivity contribution is 5.77. The number of aromatic amines is 1. The molecular weight excluding hydrogens is 483 g/mol. The fourth-order valence-corrected chi connectivity index (χ4v) is 7.82. The second kappa shape index (κ2) is 7.08. The first kappa shape index (κ1) is 22.4. The smallest absolute Gasteiger partial charge is 0.323 e. The predicted molar refractivity (Wildman–Crippen MR) is 126 cm³/mol. The van der Waals surface area contributed by atoms with Crippen LogP contribution in [0, 0.1) is 16.7 Å². The summed E-state index contributed by atoms with van der Waals surface area (Å²) in [5.74, 6) is 3.44. The van der Waals surface area contributed by atoms with Crippen molar-refractivity contribution in [2.45, 2.75) is 81.3 Å². The average Bonchev–Trinajstić information content (AvgIpc) is 3.66. The Balaban J connectivity index is 0.781.